The van der Waals surface area contributed by atoms with Crippen LogP contribution in [0.2, 0.25) is 0 Å². The zero-order valence-electron chi connectivity index (χ0n) is 28.4. The minimum absolute atomic E-state index is 0.0521. The van der Waals surface area contributed by atoms with E-state index in [4.69, 9.17) is 13.1 Å². The van der Waals surface area contributed by atoms with Gasteiger partial charge in [0.25, 0.3) is 11.4 Å². The molecule has 0 bridgehead atoms. The number of hydrogen-bond acceptors (Lipinski definition) is 4. The number of thiophene rings is 2. The molecular formula is C44H38N4S2. The SMILES string of the molecule is [C-]#[N+]/C(C#N)=C1\C=C(c2cc3c(s2)-c2cc4c(cc2C32CCCCC2)-c2sc(C3=C/C(=C(\C#N)[N+]#[C-])CCC3)cc2C42CCCCC2)CCC1. The predicted octanol–water partition coefficient (Wildman–Crippen LogP) is 12.8. The summed E-state index contributed by atoms with van der Waals surface area (Å²) >= 11 is 3.91. The van der Waals surface area contributed by atoms with Crippen LogP contribution in [-0.2, 0) is 10.8 Å². The number of fused-ring (bicyclic) bond motifs is 10. The van der Waals surface area contributed by atoms with Crippen LogP contribution in [0.25, 0.3) is 41.7 Å². The van der Waals surface area contributed by atoms with Crippen LogP contribution >= 0.6 is 22.7 Å². The second kappa shape index (κ2) is 12.1. The van der Waals surface area contributed by atoms with Gasteiger partial charge in [-0.15, -0.1) is 22.7 Å². The van der Waals surface area contributed by atoms with Crippen molar-refractivity contribution in [2.75, 3.05) is 0 Å². The maximum absolute atomic E-state index is 9.60. The molecule has 9 rings (SSSR count). The second-order valence-corrected chi connectivity index (χ2v) is 17.3. The molecule has 0 amide bonds. The van der Waals surface area contributed by atoms with E-state index < -0.39 is 0 Å². The summed E-state index contributed by atoms with van der Waals surface area (Å²) in [6.45, 7) is 15.1. The van der Waals surface area contributed by atoms with Gasteiger partial charge in [0.05, 0.1) is 25.3 Å². The molecule has 0 atom stereocenters. The van der Waals surface area contributed by atoms with Crippen molar-refractivity contribution < 1.29 is 0 Å². The van der Waals surface area contributed by atoms with Crippen LogP contribution in [0.5, 0.6) is 0 Å². The van der Waals surface area contributed by atoms with Crippen molar-refractivity contribution in [3.8, 4) is 33.0 Å². The van der Waals surface area contributed by atoms with Crippen LogP contribution in [0.15, 0.2) is 59.0 Å². The molecule has 0 N–H and O–H groups in total. The highest BCUT2D eigenvalue weighted by Crippen LogP contribution is 2.65. The van der Waals surface area contributed by atoms with Gasteiger partial charge in [0.2, 0.25) is 0 Å². The fourth-order valence-electron chi connectivity index (χ4n) is 10.4. The number of rotatable bonds is 2. The Hall–Kier alpha value is -4.46. The van der Waals surface area contributed by atoms with Crippen LogP contribution in [-0.4, -0.2) is 0 Å². The van der Waals surface area contributed by atoms with Crippen LogP contribution in [0, 0.1) is 35.8 Å². The van der Waals surface area contributed by atoms with E-state index in [1.54, 1.807) is 11.1 Å². The fourth-order valence-corrected chi connectivity index (χ4v) is 13.1. The standard InChI is InChI=1S/C44H38N4S2/c1-47-37(25-45)27-11-9-13-29(19-27)39-23-35-41(49-39)31-21-34-32(22-33(31)43(35)15-5-3-6-16-43)42-36(44(34)17-7-4-8-18-44)24-40(50-42)30-14-10-12-28(20-30)38(26-46)48-2/h19-24H,3-18H2/b37-27-,38-28+. The molecule has 2 aromatic heterocycles. The molecule has 50 heavy (non-hydrogen) atoms. The van der Waals surface area contributed by atoms with Gasteiger partial charge in [-0.25, -0.2) is 20.2 Å². The summed E-state index contributed by atoms with van der Waals surface area (Å²) in [5.41, 5.74) is 14.1. The Morgan fingerprint density at radius 1 is 0.560 bits per heavy atom. The number of benzene rings is 1. The minimum Gasteiger partial charge on any atom is -0.226 e. The molecule has 6 heteroatoms. The first-order valence-electron chi connectivity index (χ1n) is 18.5. The molecule has 6 aliphatic rings. The van der Waals surface area contributed by atoms with Crippen LogP contribution in [0.1, 0.15) is 135 Å². The van der Waals surface area contributed by atoms with Crippen molar-refractivity contribution >= 4 is 33.8 Å². The van der Waals surface area contributed by atoms with Gasteiger partial charge in [0.1, 0.15) is 0 Å². The van der Waals surface area contributed by atoms with Crippen molar-refractivity contribution in [3.63, 3.8) is 0 Å². The summed E-state index contributed by atoms with van der Waals surface area (Å²) < 4.78 is 0. The van der Waals surface area contributed by atoms with Gasteiger partial charge in [-0.1, -0.05) is 50.7 Å². The maximum atomic E-state index is 9.60. The molecule has 1 aromatic carbocycles. The summed E-state index contributed by atoms with van der Waals surface area (Å²) in [4.78, 5) is 12.7. The van der Waals surface area contributed by atoms with Gasteiger partial charge in [0, 0.05) is 30.3 Å². The summed E-state index contributed by atoms with van der Waals surface area (Å²) in [5.74, 6) is 0. The molecule has 2 saturated carbocycles. The number of nitrogens with zero attached hydrogens (tertiary/aromatic N) is 4. The maximum Gasteiger partial charge on any atom is 0.265 e. The highest BCUT2D eigenvalue weighted by Gasteiger charge is 2.50. The Balaban J connectivity index is 1.21. The van der Waals surface area contributed by atoms with E-state index in [1.807, 2.05) is 22.7 Å². The van der Waals surface area contributed by atoms with Gasteiger partial charge >= 0.3 is 0 Å². The number of hydrogen-bond donors (Lipinski definition) is 0. The molecule has 2 spiro atoms. The first kappa shape index (κ1) is 31.5. The summed E-state index contributed by atoms with van der Waals surface area (Å²) in [6, 6.07) is 14.6. The van der Waals surface area contributed by atoms with Crippen LogP contribution < -0.4 is 0 Å². The lowest BCUT2D eigenvalue weighted by Crippen LogP contribution is -2.29. The van der Waals surface area contributed by atoms with E-state index in [9.17, 15) is 10.5 Å². The monoisotopic (exact) mass is 686 g/mol. The third-order valence-electron chi connectivity index (χ3n) is 12.7. The van der Waals surface area contributed by atoms with Crippen molar-refractivity contribution in [2.45, 2.75) is 114 Å². The molecule has 6 aliphatic carbocycles. The van der Waals surface area contributed by atoms with Crippen LogP contribution in [0.3, 0.4) is 0 Å². The quantitative estimate of drug-likeness (QED) is 0.199. The highest BCUT2D eigenvalue weighted by atomic mass is 32.1. The number of nitriles is 2. The van der Waals surface area contributed by atoms with Crippen molar-refractivity contribution in [1.82, 2.24) is 0 Å². The molecule has 246 valence electrons. The molecule has 4 nitrogen and oxygen atoms in total. The fraction of sp³-hybridized carbons (Fsp3) is 0.409. The molecule has 0 aliphatic heterocycles. The minimum atomic E-state index is 0.0521. The average molecular weight is 687 g/mol. The van der Waals surface area contributed by atoms with Gasteiger partial charge in [-0.2, -0.15) is 0 Å². The second-order valence-electron chi connectivity index (χ2n) is 15.2. The molecule has 0 radical (unpaired) electrons. The van der Waals surface area contributed by atoms with Gasteiger partial charge in [-0.3, -0.25) is 0 Å². The van der Waals surface area contributed by atoms with Crippen LogP contribution in [0.4, 0.5) is 0 Å². The first-order valence-corrected chi connectivity index (χ1v) is 20.1. The lowest BCUT2D eigenvalue weighted by atomic mass is 9.66. The Bertz CT molecular complexity index is 2080. The van der Waals surface area contributed by atoms with E-state index in [1.165, 1.54) is 117 Å². The molecular weight excluding hydrogens is 649 g/mol. The normalized spacial score (nSPS) is 22.9. The molecule has 0 unspecified atom stereocenters. The predicted molar refractivity (Wildman–Crippen MR) is 203 cm³/mol. The molecule has 3 aromatic rings. The summed E-state index contributed by atoms with van der Waals surface area (Å²) in [7, 11) is 0. The zero-order chi connectivity index (χ0) is 34.0. The van der Waals surface area contributed by atoms with E-state index in [0.717, 1.165) is 49.7 Å². The molecule has 0 saturated heterocycles. The topological polar surface area (TPSA) is 56.3 Å². The zero-order valence-corrected chi connectivity index (χ0v) is 30.0. The van der Waals surface area contributed by atoms with Crippen molar-refractivity contribution in [1.29, 1.82) is 10.5 Å². The third-order valence-corrected chi connectivity index (χ3v) is 15.2. The Morgan fingerprint density at radius 2 is 0.980 bits per heavy atom. The Labute approximate surface area is 303 Å². The van der Waals surface area contributed by atoms with Gasteiger partial charge < -0.3 is 0 Å². The highest BCUT2D eigenvalue weighted by molar-refractivity contribution is 7.17. The molecule has 2 fully saturated rings. The van der Waals surface area contributed by atoms with E-state index in [-0.39, 0.29) is 22.2 Å². The van der Waals surface area contributed by atoms with E-state index >= 15 is 0 Å². The summed E-state index contributed by atoms with van der Waals surface area (Å²) in [5, 5.41) is 19.2. The lowest BCUT2D eigenvalue weighted by molar-refractivity contribution is 0.350. The first-order chi connectivity index (χ1) is 24.5. The van der Waals surface area contributed by atoms with E-state index in [2.05, 4.69) is 58.2 Å². The average Bonchev–Trinajstić information content (AvgIpc) is 3.92. The lowest BCUT2D eigenvalue weighted by Gasteiger charge is -2.37. The summed E-state index contributed by atoms with van der Waals surface area (Å²) in [6.07, 6.45) is 22.3. The number of allylic oxidation sites excluding steroid dienone is 8. The Morgan fingerprint density at radius 3 is 1.36 bits per heavy atom. The van der Waals surface area contributed by atoms with E-state index in [0.29, 0.717) is 0 Å². The third kappa shape index (κ3) is 4.55. The molecule has 2 heterocycles. The smallest absolute Gasteiger partial charge is 0.226 e. The largest absolute Gasteiger partial charge is 0.265 e. The van der Waals surface area contributed by atoms with Gasteiger partial charge in [0.15, 0.2) is 0 Å². The Kier molecular flexibility index (Phi) is 7.63. The van der Waals surface area contributed by atoms with Crippen molar-refractivity contribution in [3.05, 3.63) is 114 Å². The van der Waals surface area contributed by atoms with Gasteiger partial charge in [-0.05, 0) is 144 Å². The van der Waals surface area contributed by atoms with Crippen molar-refractivity contribution in [2.24, 2.45) is 0 Å².